The van der Waals surface area contributed by atoms with Gasteiger partial charge in [0.2, 0.25) is 0 Å². The SMILES string of the molecule is Cc1cccc(COc2ccc(/C(O)=C3\C(=O)C(=O)N(Cc4cccnc4)C3c3ccc(O)cc3)cc2)c1. The number of carbonyl (C=O) groups is 2. The molecule has 1 atom stereocenters. The molecule has 1 aliphatic rings. The smallest absolute Gasteiger partial charge is 0.295 e. The molecule has 1 aromatic heterocycles. The van der Waals surface area contributed by atoms with Gasteiger partial charge in [0.25, 0.3) is 11.7 Å². The lowest BCUT2D eigenvalue weighted by molar-refractivity contribution is -0.140. The van der Waals surface area contributed by atoms with Crippen LogP contribution in [-0.4, -0.2) is 31.8 Å². The first-order chi connectivity index (χ1) is 18.4. The third kappa shape index (κ3) is 5.13. The first-order valence-electron chi connectivity index (χ1n) is 12.2. The second-order valence-electron chi connectivity index (χ2n) is 9.18. The quantitative estimate of drug-likeness (QED) is 0.201. The van der Waals surface area contributed by atoms with Crippen LogP contribution in [0, 0.1) is 6.92 Å². The molecule has 0 radical (unpaired) electrons. The Hall–Kier alpha value is -4.91. The van der Waals surface area contributed by atoms with Crippen LogP contribution in [0.4, 0.5) is 0 Å². The highest BCUT2D eigenvalue weighted by Crippen LogP contribution is 2.40. The molecule has 1 saturated heterocycles. The summed E-state index contributed by atoms with van der Waals surface area (Å²) in [5.41, 5.74) is 3.89. The van der Waals surface area contributed by atoms with E-state index in [2.05, 4.69) is 4.98 Å². The number of carbonyl (C=O) groups excluding carboxylic acids is 2. The summed E-state index contributed by atoms with van der Waals surface area (Å²) in [6.07, 6.45) is 3.26. The van der Waals surface area contributed by atoms with Crippen molar-refractivity contribution in [2.75, 3.05) is 0 Å². The maximum atomic E-state index is 13.2. The molecule has 2 heterocycles. The molecule has 0 saturated carbocycles. The molecule has 1 fully saturated rings. The number of ether oxygens (including phenoxy) is 1. The number of aromatic hydroxyl groups is 1. The van der Waals surface area contributed by atoms with Gasteiger partial charge in [0.15, 0.2) is 0 Å². The van der Waals surface area contributed by atoms with E-state index in [-0.39, 0.29) is 23.6 Å². The fourth-order valence-electron chi connectivity index (χ4n) is 4.57. The number of aryl methyl sites for hydroxylation is 1. The summed E-state index contributed by atoms with van der Waals surface area (Å²) in [5.74, 6) is -1.11. The molecule has 7 heteroatoms. The number of Topliss-reactive ketones (excluding diaryl/α,β-unsaturated/α-hetero) is 1. The second-order valence-corrected chi connectivity index (χ2v) is 9.18. The summed E-state index contributed by atoms with van der Waals surface area (Å²) in [5, 5.41) is 21.1. The zero-order valence-electron chi connectivity index (χ0n) is 20.7. The van der Waals surface area contributed by atoms with Crippen molar-refractivity contribution in [3.8, 4) is 11.5 Å². The molecule has 1 amide bonds. The number of hydrogen-bond acceptors (Lipinski definition) is 6. The highest BCUT2D eigenvalue weighted by molar-refractivity contribution is 6.46. The molecule has 4 aromatic rings. The summed E-state index contributed by atoms with van der Waals surface area (Å²) in [6.45, 7) is 2.55. The molecule has 1 unspecified atom stereocenters. The highest BCUT2D eigenvalue weighted by atomic mass is 16.5. The number of phenolic OH excluding ortho intramolecular Hbond substituents is 1. The lowest BCUT2D eigenvalue weighted by Crippen LogP contribution is -2.29. The lowest BCUT2D eigenvalue weighted by Gasteiger charge is -2.25. The normalized spacial score (nSPS) is 16.6. The van der Waals surface area contributed by atoms with Crippen LogP contribution in [0.2, 0.25) is 0 Å². The van der Waals surface area contributed by atoms with E-state index in [9.17, 15) is 19.8 Å². The van der Waals surface area contributed by atoms with Crippen LogP contribution in [0.5, 0.6) is 11.5 Å². The van der Waals surface area contributed by atoms with E-state index >= 15 is 0 Å². The number of hydrogen-bond donors (Lipinski definition) is 2. The lowest BCUT2D eigenvalue weighted by atomic mass is 9.95. The van der Waals surface area contributed by atoms with Crippen LogP contribution >= 0.6 is 0 Å². The van der Waals surface area contributed by atoms with Gasteiger partial charge in [-0.15, -0.1) is 0 Å². The average molecular weight is 507 g/mol. The Morgan fingerprint density at radius 2 is 1.68 bits per heavy atom. The van der Waals surface area contributed by atoms with Gasteiger partial charge in [-0.05, 0) is 66.1 Å². The number of aromatic nitrogens is 1. The largest absolute Gasteiger partial charge is 0.508 e. The first-order valence-corrected chi connectivity index (χ1v) is 12.2. The van der Waals surface area contributed by atoms with Crippen molar-refractivity contribution >= 4 is 17.4 Å². The van der Waals surface area contributed by atoms with E-state index in [1.165, 1.54) is 17.0 Å². The van der Waals surface area contributed by atoms with Crippen molar-refractivity contribution in [3.05, 3.63) is 131 Å². The Morgan fingerprint density at radius 3 is 2.37 bits per heavy atom. The number of pyridine rings is 1. The molecule has 38 heavy (non-hydrogen) atoms. The minimum absolute atomic E-state index is 0.0157. The molecule has 0 aliphatic carbocycles. The van der Waals surface area contributed by atoms with Crippen LogP contribution in [0.25, 0.3) is 5.76 Å². The van der Waals surface area contributed by atoms with E-state index in [0.29, 0.717) is 23.5 Å². The predicted molar refractivity (Wildman–Crippen MR) is 142 cm³/mol. The molecular weight excluding hydrogens is 480 g/mol. The predicted octanol–water partition coefficient (Wildman–Crippen LogP) is 5.30. The third-order valence-electron chi connectivity index (χ3n) is 6.44. The number of aliphatic hydroxyl groups is 1. The van der Waals surface area contributed by atoms with Crippen molar-refractivity contribution in [1.82, 2.24) is 9.88 Å². The maximum Gasteiger partial charge on any atom is 0.295 e. The Labute approximate surface area is 220 Å². The fraction of sp³-hybridized carbons (Fsp3) is 0.129. The summed E-state index contributed by atoms with van der Waals surface area (Å²) < 4.78 is 5.87. The zero-order chi connectivity index (χ0) is 26.6. The van der Waals surface area contributed by atoms with Gasteiger partial charge >= 0.3 is 0 Å². The van der Waals surface area contributed by atoms with Gasteiger partial charge in [0.05, 0.1) is 11.6 Å². The van der Waals surface area contributed by atoms with Gasteiger partial charge in [-0.25, -0.2) is 0 Å². The Kier molecular flexibility index (Phi) is 6.91. The fourth-order valence-corrected chi connectivity index (χ4v) is 4.57. The maximum absolute atomic E-state index is 13.2. The summed E-state index contributed by atoms with van der Waals surface area (Å²) in [4.78, 5) is 31.9. The molecule has 1 aliphatic heterocycles. The molecule has 0 bridgehead atoms. The van der Waals surface area contributed by atoms with E-state index in [4.69, 9.17) is 4.74 Å². The number of likely N-dealkylation sites (tertiary alicyclic amines) is 1. The summed E-state index contributed by atoms with van der Waals surface area (Å²) in [7, 11) is 0. The van der Waals surface area contributed by atoms with E-state index in [1.807, 2.05) is 37.3 Å². The molecule has 190 valence electrons. The van der Waals surface area contributed by atoms with Crippen molar-refractivity contribution in [2.24, 2.45) is 0 Å². The van der Waals surface area contributed by atoms with Gasteiger partial charge in [0, 0.05) is 24.5 Å². The van der Waals surface area contributed by atoms with Crippen LogP contribution in [-0.2, 0) is 22.7 Å². The second kappa shape index (κ2) is 10.6. The highest BCUT2D eigenvalue weighted by Gasteiger charge is 2.46. The van der Waals surface area contributed by atoms with Crippen LogP contribution < -0.4 is 4.74 Å². The van der Waals surface area contributed by atoms with Crippen molar-refractivity contribution < 1.29 is 24.5 Å². The van der Waals surface area contributed by atoms with Crippen molar-refractivity contribution in [1.29, 1.82) is 0 Å². The minimum Gasteiger partial charge on any atom is -0.508 e. The number of rotatable bonds is 7. The number of phenols is 1. The molecule has 0 spiro atoms. The van der Waals surface area contributed by atoms with Crippen LogP contribution in [0.15, 0.2) is 103 Å². The van der Waals surface area contributed by atoms with Gasteiger partial charge in [-0.3, -0.25) is 14.6 Å². The number of nitrogens with zero attached hydrogens (tertiary/aromatic N) is 2. The van der Waals surface area contributed by atoms with Crippen molar-refractivity contribution in [3.63, 3.8) is 0 Å². The Morgan fingerprint density at radius 1 is 0.947 bits per heavy atom. The third-order valence-corrected chi connectivity index (χ3v) is 6.44. The van der Waals surface area contributed by atoms with Crippen molar-refractivity contribution in [2.45, 2.75) is 26.1 Å². The monoisotopic (exact) mass is 506 g/mol. The first kappa shape index (κ1) is 24.8. The van der Waals surface area contributed by atoms with E-state index < -0.39 is 17.7 Å². The number of benzene rings is 3. The molecule has 5 rings (SSSR count). The topological polar surface area (TPSA) is 100.0 Å². The molecule has 2 N–H and O–H groups in total. The van der Waals surface area contributed by atoms with Gasteiger partial charge in [0.1, 0.15) is 23.9 Å². The summed E-state index contributed by atoms with van der Waals surface area (Å²) in [6, 6.07) is 23.7. The minimum atomic E-state index is -0.840. The molecule has 3 aromatic carbocycles. The zero-order valence-corrected chi connectivity index (χ0v) is 20.7. The van der Waals surface area contributed by atoms with Crippen LogP contribution in [0.3, 0.4) is 0 Å². The van der Waals surface area contributed by atoms with E-state index in [0.717, 1.165) is 16.7 Å². The summed E-state index contributed by atoms with van der Waals surface area (Å²) >= 11 is 0. The van der Waals surface area contributed by atoms with Gasteiger partial charge in [-0.2, -0.15) is 0 Å². The van der Waals surface area contributed by atoms with Gasteiger partial charge in [-0.1, -0.05) is 48.0 Å². The van der Waals surface area contributed by atoms with E-state index in [1.54, 1.807) is 54.9 Å². The standard InChI is InChI=1S/C31H26N2O5/c1-20-4-2-5-21(16-20)19-38-26-13-9-24(10-14-26)29(35)27-28(23-7-11-25(34)12-8-23)33(31(37)30(27)36)18-22-6-3-15-32-17-22/h2-17,28,34-35H,18-19H2,1H3/b29-27+. The van der Waals surface area contributed by atoms with Crippen LogP contribution in [0.1, 0.15) is 33.9 Å². The number of ketones is 1. The molecule has 7 nitrogen and oxygen atoms in total. The van der Waals surface area contributed by atoms with Gasteiger partial charge < -0.3 is 19.8 Å². The molecular formula is C31H26N2O5. The average Bonchev–Trinajstić information content (AvgIpc) is 3.18. The Balaban J connectivity index is 1.47. The number of aliphatic hydroxyl groups excluding tert-OH is 1. The number of amides is 1. The Bertz CT molecular complexity index is 1500.